The van der Waals surface area contributed by atoms with Crippen LogP contribution in [0.2, 0.25) is 0 Å². The Hall–Kier alpha value is -2.25. The number of benzene rings is 1. The molecule has 3 aromatic rings. The van der Waals surface area contributed by atoms with Crippen LogP contribution in [-0.2, 0) is 11.3 Å². The van der Waals surface area contributed by atoms with E-state index in [-0.39, 0.29) is 0 Å². The third-order valence-electron chi connectivity index (χ3n) is 4.12. The van der Waals surface area contributed by atoms with Crippen LogP contribution >= 0.6 is 11.3 Å². The third kappa shape index (κ3) is 3.05. The number of thiazole rings is 1. The summed E-state index contributed by atoms with van der Waals surface area (Å²) in [5, 5.41) is 3.46. The van der Waals surface area contributed by atoms with Gasteiger partial charge < -0.3 is 15.0 Å². The summed E-state index contributed by atoms with van der Waals surface area (Å²) in [4.78, 5) is 17.4. The van der Waals surface area contributed by atoms with E-state index in [4.69, 9.17) is 14.7 Å². The predicted octanol–water partition coefficient (Wildman–Crippen LogP) is 2.84. The second-order valence-corrected chi connectivity index (χ2v) is 6.64. The van der Waals surface area contributed by atoms with Gasteiger partial charge in [0.2, 0.25) is 0 Å². The highest BCUT2D eigenvalue weighted by Gasteiger charge is 2.18. The predicted molar refractivity (Wildman–Crippen MR) is 96.7 cm³/mol. The van der Waals surface area contributed by atoms with Gasteiger partial charge in [-0.25, -0.2) is 15.0 Å². The van der Waals surface area contributed by atoms with Gasteiger partial charge in [-0.2, -0.15) is 0 Å². The van der Waals surface area contributed by atoms with Crippen LogP contribution in [-0.4, -0.2) is 41.3 Å². The topological polar surface area (TPSA) is 63.2 Å². The van der Waals surface area contributed by atoms with Crippen LogP contribution in [0, 0.1) is 6.92 Å². The standard InChI is InChI=1S/C17H19N5OS/c1-12-15(24-11-19-12)10-18-16-17(22-6-8-23-9-7-22)21-14-5-3-2-4-13(14)20-16/h2-5,11H,6-10H2,1H3,(H,18,20). The molecular weight excluding hydrogens is 322 g/mol. The molecule has 1 aliphatic rings. The zero-order valence-electron chi connectivity index (χ0n) is 13.5. The van der Waals surface area contributed by atoms with E-state index in [1.54, 1.807) is 11.3 Å². The zero-order chi connectivity index (χ0) is 16.4. The summed E-state index contributed by atoms with van der Waals surface area (Å²) in [5.74, 6) is 1.72. The van der Waals surface area contributed by atoms with Crippen LogP contribution in [0.1, 0.15) is 10.6 Å². The molecule has 0 bridgehead atoms. The maximum absolute atomic E-state index is 5.47. The van der Waals surface area contributed by atoms with Gasteiger partial charge in [0.15, 0.2) is 11.6 Å². The molecule has 1 saturated heterocycles. The van der Waals surface area contributed by atoms with Crippen molar-refractivity contribution < 1.29 is 4.74 Å². The lowest BCUT2D eigenvalue weighted by molar-refractivity contribution is 0.122. The monoisotopic (exact) mass is 341 g/mol. The lowest BCUT2D eigenvalue weighted by Crippen LogP contribution is -2.37. The van der Waals surface area contributed by atoms with Crippen molar-refractivity contribution >= 4 is 34.0 Å². The fraction of sp³-hybridized carbons (Fsp3) is 0.353. The molecule has 7 heteroatoms. The Labute approximate surface area is 144 Å². The Kier molecular flexibility index (Phi) is 4.27. The van der Waals surface area contributed by atoms with Crippen molar-refractivity contribution in [2.75, 3.05) is 36.5 Å². The first-order chi connectivity index (χ1) is 11.8. The quantitative estimate of drug-likeness (QED) is 0.787. The van der Waals surface area contributed by atoms with Crippen LogP contribution in [0.3, 0.4) is 0 Å². The summed E-state index contributed by atoms with van der Waals surface area (Å²) in [7, 11) is 0. The lowest BCUT2D eigenvalue weighted by atomic mass is 10.3. The van der Waals surface area contributed by atoms with Crippen LogP contribution < -0.4 is 10.2 Å². The Balaban J connectivity index is 1.69. The molecule has 4 rings (SSSR count). The maximum atomic E-state index is 5.47. The summed E-state index contributed by atoms with van der Waals surface area (Å²) >= 11 is 1.66. The van der Waals surface area contributed by atoms with E-state index in [1.165, 1.54) is 4.88 Å². The molecule has 0 saturated carbocycles. The van der Waals surface area contributed by atoms with E-state index >= 15 is 0 Å². The minimum absolute atomic E-state index is 0.709. The first kappa shape index (κ1) is 15.3. The number of para-hydroxylation sites is 2. The van der Waals surface area contributed by atoms with Crippen molar-refractivity contribution in [3.63, 3.8) is 0 Å². The lowest BCUT2D eigenvalue weighted by Gasteiger charge is -2.29. The highest BCUT2D eigenvalue weighted by Crippen LogP contribution is 2.26. The highest BCUT2D eigenvalue weighted by atomic mass is 32.1. The minimum Gasteiger partial charge on any atom is -0.378 e. The molecular formula is C17H19N5OS. The minimum atomic E-state index is 0.709. The van der Waals surface area contributed by atoms with Crippen LogP contribution in [0.4, 0.5) is 11.6 Å². The van der Waals surface area contributed by atoms with Crippen molar-refractivity contribution in [3.8, 4) is 0 Å². The fourth-order valence-corrected chi connectivity index (χ4v) is 3.48. The molecule has 6 nitrogen and oxygen atoms in total. The molecule has 0 aliphatic carbocycles. The first-order valence-corrected chi connectivity index (χ1v) is 8.91. The molecule has 1 aliphatic heterocycles. The second kappa shape index (κ2) is 6.70. The summed E-state index contributed by atoms with van der Waals surface area (Å²) < 4.78 is 5.47. The van der Waals surface area contributed by atoms with Gasteiger partial charge in [-0.3, -0.25) is 0 Å². The first-order valence-electron chi connectivity index (χ1n) is 8.03. The molecule has 0 radical (unpaired) electrons. The third-order valence-corrected chi connectivity index (χ3v) is 5.06. The van der Waals surface area contributed by atoms with E-state index in [1.807, 2.05) is 36.7 Å². The number of morpholine rings is 1. The van der Waals surface area contributed by atoms with E-state index in [0.29, 0.717) is 6.54 Å². The van der Waals surface area contributed by atoms with Gasteiger partial charge in [0.25, 0.3) is 0 Å². The van der Waals surface area contributed by atoms with Crippen LogP contribution in [0.5, 0.6) is 0 Å². The molecule has 0 amide bonds. The molecule has 1 fully saturated rings. The highest BCUT2D eigenvalue weighted by molar-refractivity contribution is 7.09. The second-order valence-electron chi connectivity index (χ2n) is 5.70. The Morgan fingerprint density at radius 3 is 2.62 bits per heavy atom. The van der Waals surface area contributed by atoms with Crippen molar-refractivity contribution in [2.24, 2.45) is 0 Å². The van der Waals surface area contributed by atoms with Crippen LogP contribution in [0.25, 0.3) is 11.0 Å². The number of aromatic nitrogens is 3. The van der Waals surface area contributed by atoms with Gasteiger partial charge in [-0.15, -0.1) is 11.3 Å². The molecule has 3 heterocycles. The van der Waals surface area contributed by atoms with Gasteiger partial charge >= 0.3 is 0 Å². The van der Waals surface area contributed by atoms with E-state index in [9.17, 15) is 0 Å². The average molecular weight is 341 g/mol. The molecule has 24 heavy (non-hydrogen) atoms. The number of hydrogen-bond acceptors (Lipinski definition) is 7. The number of anilines is 2. The molecule has 2 aromatic heterocycles. The van der Waals surface area contributed by atoms with E-state index in [2.05, 4.69) is 15.2 Å². The fourth-order valence-electron chi connectivity index (χ4n) is 2.76. The number of nitrogens with zero attached hydrogens (tertiary/aromatic N) is 4. The smallest absolute Gasteiger partial charge is 0.172 e. The SMILES string of the molecule is Cc1ncsc1CNc1nc2ccccc2nc1N1CCOCC1. The number of fused-ring (bicyclic) bond motifs is 1. The maximum Gasteiger partial charge on any atom is 0.172 e. The summed E-state index contributed by atoms with van der Waals surface area (Å²) in [6, 6.07) is 7.98. The largest absolute Gasteiger partial charge is 0.378 e. The number of hydrogen-bond donors (Lipinski definition) is 1. The van der Waals surface area contributed by atoms with E-state index < -0.39 is 0 Å². The van der Waals surface area contributed by atoms with Crippen LogP contribution in [0.15, 0.2) is 29.8 Å². The van der Waals surface area contributed by atoms with Crippen molar-refractivity contribution in [2.45, 2.75) is 13.5 Å². The molecule has 1 aromatic carbocycles. The molecule has 1 N–H and O–H groups in total. The number of nitrogens with one attached hydrogen (secondary N) is 1. The average Bonchev–Trinajstić information content (AvgIpc) is 3.05. The molecule has 124 valence electrons. The summed E-state index contributed by atoms with van der Waals surface area (Å²) in [6.45, 7) is 5.86. The van der Waals surface area contributed by atoms with Gasteiger partial charge in [-0.1, -0.05) is 12.1 Å². The zero-order valence-corrected chi connectivity index (χ0v) is 14.3. The molecule has 0 unspecified atom stereocenters. The molecule has 0 spiro atoms. The number of ether oxygens (including phenoxy) is 1. The number of rotatable bonds is 4. The summed E-state index contributed by atoms with van der Waals surface area (Å²) in [6.07, 6.45) is 0. The summed E-state index contributed by atoms with van der Waals surface area (Å²) in [5.41, 5.74) is 4.76. The van der Waals surface area contributed by atoms with Crippen molar-refractivity contribution in [1.82, 2.24) is 15.0 Å². The van der Waals surface area contributed by atoms with Crippen molar-refractivity contribution in [3.05, 3.63) is 40.3 Å². The van der Waals surface area contributed by atoms with Gasteiger partial charge in [0.05, 0.1) is 42.0 Å². The normalized spacial score (nSPS) is 15.0. The molecule has 0 atom stereocenters. The van der Waals surface area contributed by atoms with Gasteiger partial charge in [0.1, 0.15) is 0 Å². The Morgan fingerprint density at radius 1 is 1.17 bits per heavy atom. The van der Waals surface area contributed by atoms with Gasteiger partial charge in [0, 0.05) is 18.0 Å². The number of aryl methyl sites for hydroxylation is 1. The van der Waals surface area contributed by atoms with E-state index in [0.717, 1.165) is 54.7 Å². The Bertz CT molecular complexity index is 844. The Morgan fingerprint density at radius 2 is 1.92 bits per heavy atom. The van der Waals surface area contributed by atoms with Gasteiger partial charge in [-0.05, 0) is 19.1 Å². The van der Waals surface area contributed by atoms with Crippen molar-refractivity contribution in [1.29, 1.82) is 0 Å².